The summed E-state index contributed by atoms with van der Waals surface area (Å²) in [5, 5.41) is 0. The van der Waals surface area contributed by atoms with Crippen molar-refractivity contribution in [3.8, 4) is 0 Å². The summed E-state index contributed by atoms with van der Waals surface area (Å²) in [5.41, 5.74) is 1.57. The van der Waals surface area contributed by atoms with Crippen molar-refractivity contribution in [1.29, 1.82) is 0 Å². The van der Waals surface area contributed by atoms with Crippen molar-refractivity contribution in [2.24, 2.45) is 0 Å². The van der Waals surface area contributed by atoms with E-state index in [1.807, 2.05) is 6.08 Å². The molecule has 130 valence electrons. The lowest BCUT2D eigenvalue weighted by Crippen LogP contribution is -2.66. The van der Waals surface area contributed by atoms with Crippen molar-refractivity contribution in [2.75, 3.05) is 46.4 Å². The molecule has 0 radical (unpaired) electrons. The van der Waals surface area contributed by atoms with Gasteiger partial charge in [-0.05, 0) is 39.8 Å². The van der Waals surface area contributed by atoms with Gasteiger partial charge >= 0.3 is 0 Å². The molecule has 0 atom stereocenters. The lowest BCUT2D eigenvalue weighted by atomic mass is 9.96. The number of rotatable bonds is 5. The Balaban J connectivity index is 1.80. The fraction of sp³-hybridized carbons (Fsp3) is 0.684. The molecule has 0 unspecified atom stereocenters. The fourth-order valence-electron chi connectivity index (χ4n) is 3.21. The van der Waals surface area contributed by atoms with E-state index in [4.69, 9.17) is 4.74 Å². The van der Waals surface area contributed by atoms with E-state index in [1.54, 1.807) is 7.11 Å². The highest BCUT2D eigenvalue weighted by Crippen LogP contribution is 2.25. The Morgan fingerprint density at radius 1 is 1.09 bits per heavy atom. The van der Waals surface area contributed by atoms with Gasteiger partial charge in [-0.2, -0.15) is 0 Å². The third-order valence-corrected chi connectivity index (χ3v) is 5.00. The first kappa shape index (κ1) is 18.1. The molecule has 2 aliphatic rings. The summed E-state index contributed by atoms with van der Waals surface area (Å²) in [4.78, 5) is 7.68. The van der Waals surface area contributed by atoms with Crippen LogP contribution in [0.5, 0.6) is 0 Å². The van der Waals surface area contributed by atoms with E-state index in [-0.39, 0.29) is 0 Å². The minimum absolute atomic E-state index is 0.310. The van der Waals surface area contributed by atoms with Gasteiger partial charge in [0.15, 0.2) is 0 Å². The van der Waals surface area contributed by atoms with E-state index >= 15 is 0 Å². The predicted octanol–water partition coefficient (Wildman–Crippen LogP) is 2.71. The number of hydrogen-bond acceptors (Lipinski definition) is 4. The second-order valence-corrected chi connectivity index (χ2v) is 7.47. The maximum Gasteiger partial charge on any atom is 0.111 e. The zero-order valence-corrected chi connectivity index (χ0v) is 15.5. The van der Waals surface area contributed by atoms with Crippen LogP contribution in [-0.2, 0) is 4.74 Å². The van der Waals surface area contributed by atoms with Gasteiger partial charge in [0.2, 0.25) is 0 Å². The van der Waals surface area contributed by atoms with Gasteiger partial charge < -0.3 is 9.64 Å². The number of likely N-dealkylation sites (tertiary alicyclic amines) is 1. The van der Waals surface area contributed by atoms with Crippen LogP contribution in [0.4, 0.5) is 0 Å². The SMILES string of the molecule is C=C(/C=C\C(=C/C)N1CCN(C2CN(C(C)(C)C)C2)CC1)OC. The maximum absolute atomic E-state index is 5.10. The van der Waals surface area contributed by atoms with E-state index in [2.05, 4.69) is 61.1 Å². The molecule has 0 aliphatic carbocycles. The molecular weight excluding hydrogens is 286 g/mol. The van der Waals surface area contributed by atoms with Gasteiger partial charge in [0.25, 0.3) is 0 Å². The van der Waals surface area contributed by atoms with Gasteiger partial charge in [0, 0.05) is 56.5 Å². The Kier molecular flexibility index (Phi) is 5.93. The van der Waals surface area contributed by atoms with Gasteiger partial charge in [-0.3, -0.25) is 9.80 Å². The highest BCUT2D eigenvalue weighted by molar-refractivity contribution is 5.23. The highest BCUT2D eigenvalue weighted by atomic mass is 16.5. The zero-order valence-electron chi connectivity index (χ0n) is 15.5. The molecule has 2 aliphatic heterocycles. The molecule has 0 aromatic rings. The average Bonchev–Trinajstić information content (AvgIpc) is 2.46. The molecule has 0 aromatic heterocycles. The quantitative estimate of drug-likeness (QED) is 0.573. The minimum atomic E-state index is 0.310. The van der Waals surface area contributed by atoms with Crippen LogP contribution in [0.1, 0.15) is 27.7 Å². The smallest absolute Gasteiger partial charge is 0.111 e. The first-order valence-electron chi connectivity index (χ1n) is 8.66. The zero-order chi connectivity index (χ0) is 17.0. The van der Waals surface area contributed by atoms with Crippen LogP contribution in [-0.4, -0.2) is 72.7 Å². The first-order valence-corrected chi connectivity index (χ1v) is 8.66. The third kappa shape index (κ3) is 4.61. The molecular formula is C19H33N3O. The Bertz CT molecular complexity index is 461. The van der Waals surface area contributed by atoms with Crippen LogP contribution >= 0.6 is 0 Å². The molecule has 0 amide bonds. The van der Waals surface area contributed by atoms with Crippen molar-refractivity contribution < 1.29 is 4.74 Å². The molecule has 0 saturated carbocycles. The van der Waals surface area contributed by atoms with Crippen LogP contribution < -0.4 is 0 Å². The molecule has 4 heteroatoms. The van der Waals surface area contributed by atoms with Crippen molar-refractivity contribution in [2.45, 2.75) is 39.3 Å². The summed E-state index contributed by atoms with van der Waals surface area (Å²) in [6.45, 7) is 19.8. The molecule has 0 N–H and O–H groups in total. The van der Waals surface area contributed by atoms with Gasteiger partial charge in [-0.15, -0.1) is 0 Å². The second-order valence-electron chi connectivity index (χ2n) is 7.47. The topological polar surface area (TPSA) is 19.0 Å². The molecule has 2 rings (SSSR count). The largest absolute Gasteiger partial charge is 0.497 e. The van der Waals surface area contributed by atoms with Crippen LogP contribution in [0.25, 0.3) is 0 Å². The highest BCUT2D eigenvalue weighted by Gasteiger charge is 2.38. The van der Waals surface area contributed by atoms with Gasteiger partial charge in [-0.1, -0.05) is 12.7 Å². The number of hydrogen-bond donors (Lipinski definition) is 0. The first-order chi connectivity index (χ1) is 10.8. The third-order valence-electron chi connectivity index (χ3n) is 5.00. The van der Waals surface area contributed by atoms with E-state index in [9.17, 15) is 0 Å². The maximum atomic E-state index is 5.10. The van der Waals surface area contributed by atoms with Crippen molar-refractivity contribution >= 4 is 0 Å². The lowest BCUT2D eigenvalue weighted by Gasteiger charge is -2.53. The van der Waals surface area contributed by atoms with Crippen LogP contribution in [0, 0.1) is 0 Å². The monoisotopic (exact) mass is 319 g/mol. The number of allylic oxidation sites excluding steroid dienone is 3. The molecule has 0 bridgehead atoms. The normalized spacial score (nSPS) is 22.5. The van der Waals surface area contributed by atoms with Crippen molar-refractivity contribution in [1.82, 2.24) is 14.7 Å². The average molecular weight is 319 g/mol. The number of methoxy groups -OCH3 is 1. The summed E-state index contributed by atoms with van der Waals surface area (Å²) in [6, 6.07) is 0.745. The Labute approximate surface area is 142 Å². The molecule has 0 spiro atoms. The van der Waals surface area contributed by atoms with Crippen LogP contribution in [0.2, 0.25) is 0 Å². The van der Waals surface area contributed by atoms with Gasteiger partial charge in [0.05, 0.1) is 7.11 Å². The molecule has 4 nitrogen and oxygen atoms in total. The van der Waals surface area contributed by atoms with Crippen LogP contribution in [0.3, 0.4) is 0 Å². The second kappa shape index (κ2) is 7.54. The van der Waals surface area contributed by atoms with Crippen molar-refractivity contribution in [3.63, 3.8) is 0 Å². The summed E-state index contributed by atoms with van der Waals surface area (Å²) in [6.07, 6.45) is 6.21. The molecule has 2 heterocycles. The summed E-state index contributed by atoms with van der Waals surface area (Å²) in [7, 11) is 1.65. The summed E-state index contributed by atoms with van der Waals surface area (Å²) >= 11 is 0. The predicted molar refractivity (Wildman–Crippen MR) is 97.3 cm³/mol. The Morgan fingerprint density at radius 2 is 1.70 bits per heavy atom. The van der Waals surface area contributed by atoms with Crippen LogP contribution in [0.15, 0.2) is 36.3 Å². The Hall–Kier alpha value is -1.26. The number of ether oxygens (including phenoxy) is 1. The summed E-state index contributed by atoms with van der Waals surface area (Å²) in [5.74, 6) is 0.694. The summed E-state index contributed by atoms with van der Waals surface area (Å²) < 4.78 is 5.10. The van der Waals surface area contributed by atoms with E-state index in [0.717, 1.165) is 32.2 Å². The van der Waals surface area contributed by atoms with E-state index in [0.29, 0.717) is 11.3 Å². The van der Waals surface area contributed by atoms with Gasteiger partial charge in [0.1, 0.15) is 5.76 Å². The fourth-order valence-corrected chi connectivity index (χ4v) is 3.21. The van der Waals surface area contributed by atoms with Crippen molar-refractivity contribution in [3.05, 3.63) is 36.3 Å². The molecule has 2 saturated heterocycles. The molecule has 0 aromatic carbocycles. The Morgan fingerprint density at radius 3 is 2.17 bits per heavy atom. The molecule has 2 fully saturated rings. The number of piperazine rings is 1. The van der Waals surface area contributed by atoms with Gasteiger partial charge in [-0.25, -0.2) is 0 Å². The number of nitrogens with zero attached hydrogens (tertiary/aromatic N) is 3. The van der Waals surface area contributed by atoms with E-state index < -0.39 is 0 Å². The standard InChI is InChI=1S/C19H33N3O/c1-7-17(9-8-16(2)23-6)20-10-12-21(13-11-20)18-14-22(15-18)19(3,4)5/h7-9,18H,2,10-15H2,1,3-6H3/b9-8-,17-7+. The molecule has 23 heavy (non-hydrogen) atoms. The van der Waals surface area contributed by atoms with E-state index in [1.165, 1.54) is 18.8 Å². The minimum Gasteiger partial charge on any atom is -0.497 e. The lowest BCUT2D eigenvalue weighted by molar-refractivity contribution is -0.0343.